The van der Waals surface area contributed by atoms with Gasteiger partial charge in [0.25, 0.3) is 0 Å². The van der Waals surface area contributed by atoms with E-state index in [0.717, 1.165) is 34.5 Å². The number of hydrogen-bond donors (Lipinski definition) is 1. The molecule has 1 aromatic carbocycles. The van der Waals surface area contributed by atoms with E-state index in [-0.39, 0.29) is 0 Å². The van der Waals surface area contributed by atoms with Crippen LogP contribution in [0.15, 0.2) is 34.8 Å². The lowest BCUT2D eigenvalue weighted by atomic mass is 10.1. The zero-order valence-corrected chi connectivity index (χ0v) is 13.4. The number of hydrogen-bond acceptors (Lipinski definition) is 4. The fourth-order valence-electron chi connectivity index (χ4n) is 1.99. The van der Waals surface area contributed by atoms with Crippen LogP contribution in [-0.2, 0) is 0 Å². The van der Waals surface area contributed by atoms with Crippen LogP contribution in [0, 0.1) is 6.92 Å². The smallest absolute Gasteiger partial charge is 0.151 e. The topological polar surface area (TPSA) is 55.0 Å². The number of aromatic nitrogens is 2. The summed E-state index contributed by atoms with van der Waals surface area (Å²) in [5.74, 6) is 0.870. The molecule has 5 heteroatoms. The van der Waals surface area contributed by atoms with E-state index in [0.29, 0.717) is 6.54 Å². The summed E-state index contributed by atoms with van der Waals surface area (Å²) in [4.78, 5) is 2.07. The van der Waals surface area contributed by atoms with Crippen LogP contribution in [0.3, 0.4) is 0 Å². The van der Waals surface area contributed by atoms with Crippen molar-refractivity contribution in [2.75, 3.05) is 25.0 Å². The Kier molecular flexibility index (Phi) is 5.09. The van der Waals surface area contributed by atoms with Crippen LogP contribution in [-0.4, -0.2) is 30.3 Å². The van der Waals surface area contributed by atoms with Crippen molar-refractivity contribution >= 4 is 21.7 Å². The van der Waals surface area contributed by atoms with E-state index in [9.17, 15) is 0 Å². The summed E-state index contributed by atoms with van der Waals surface area (Å²) in [6.07, 6.45) is 0.949. The average Bonchev–Trinajstić information content (AvgIpc) is 2.47. The maximum Gasteiger partial charge on any atom is 0.151 e. The molecule has 0 bridgehead atoms. The van der Waals surface area contributed by atoms with Gasteiger partial charge in [0.2, 0.25) is 0 Å². The van der Waals surface area contributed by atoms with Crippen LogP contribution < -0.4 is 10.6 Å². The molecule has 2 N–H and O–H groups in total. The summed E-state index contributed by atoms with van der Waals surface area (Å²) in [6.45, 7) is 3.65. The molecule has 106 valence electrons. The summed E-state index contributed by atoms with van der Waals surface area (Å²) in [5.41, 5.74) is 8.69. The summed E-state index contributed by atoms with van der Waals surface area (Å²) >= 11 is 3.49. The highest BCUT2D eigenvalue weighted by atomic mass is 79.9. The molecular weight excluding hydrogens is 316 g/mol. The molecule has 20 heavy (non-hydrogen) atoms. The van der Waals surface area contributed by atoms with Gasteiger partial charge in [-0.1, -0.05) is 22.0 Å². The van der Waals surface area contributed by atoms with Crippen LogP contribution >= 0.6 is 15.9 Å². The molecule has 0 aliphatic rings. The standard InChI is InChI=1S/C15H19BrN4/c1-11-4-5-12(16)10-13(11)14-6-7-15(19-18-14)20(2)9-3-8-17/h4-7,10H,3,8-9,17H2,1-2H3. The van der Waals surface area contributed by atoms with Crippen molar-refractivity contribution in [1.82, 2.24) is 10.2 Å². The van der Waals surface area contributed by atoms with Crippen molar-refractivity contribution in [3.63, 3.8) is 0 Å². The first-order chi connectivity index (χ1) is 9.61. The highest BCUT2D eigenvalue weighted by molar-refractivity contribution is 9.10. The molecule has 0 radical (unpaired) electrons. The number of anilines is 1. The minimum absolute atomic E-state index is 0.688. The quantitative estimate of drug-likeness (QED) is 0.913. The van der Waals surface area contributed by atoms with E-state index in [2.05, 4.69) is 50.1 Å². The molecule has 1 aromatic heterocycles. The van der Waals surface area contributed by atoms with Crippen LogP contribution in [0.5, 0.6) is 0 Å². The van der Waals surface area contributed by atoms with Crippen molar-refractivity contribution in [2.24, 2.45) is 5.73 Å². The second-order valence-corrected chi connectivity index (χ2v) is 5.72. The minimum Gasteiger partial charge on any atom is -0.358 e. The molecular formula is C15H19BrN4. The summed E-state index contributed by atoms with van der Waals surface area (Å²) in [5, 5.41) is 8.63. The molecule has 0 aliphatic heterocycles. The first-order valence-corrected chi connectivity index (χ1v) is 7.42. The Morgan fingerprint density at radius 1 is 1.20 bits per heavy atom. The summed E-state index contributed by atoms with van der Waals surface area (Å²) in [6, 6.07) is 10.2. The van der Waals surface area contributed by atoms with Gasteiger partial charge in [-0.05, 0) is 49.7 Å². The third-order valence-corrected chi connectivity index (χ3v) is 3.71. The normalized spacial score (nSPS) is 10.6. The van der Waals surface area contributed by atoms with Gasteiger partial charge in [0.1, 0.15) is 0 Å². The summed E-state index contributed by atoms with van der Waals surface area (Å²) in [7, 11) is 2.00. The van der Waals surface area contributed by atoms with Gasteiger partial charge >= 0.3 is 0 Å². The molecule has 0 saturated heterocycles. The Balaban J connectivity index is 2.21. The summed E-state index contributed by atoms with van der Waals surface area (Å²) < 4.78 is 1.05. The molecule has 0 saturated carbocycles. The Hall–Kier alpha value is -1.46. The van der Waals surface area contributed by atoms with Gasteiger partial charge in [-0.3, -0.25) is 0 Å². The predicted octanol–water partition coefficient (Wildman–Crippen LogP) is 3.00. The fourth-order valence-corrected chi connectivity index (χ4v) is 2.35. The SMILES string of the molecule is Cc1ccc(Br)cc1-c1ccc(N(C)CCCN)nn1. The van der Waals surface area contributed by atoms with Crippen molar-refractivity contribution in [3.8, 4) is 11.3 Å². The van der Waals surface area contributed by atoms with Gasteiger partial charge in [0, 0.05) is 23.6 Å². The largest absolute Gasteiger partial charge is 0.358 e. The zero-order chi connectivity index (χ0) is 14.5. The van der Waals surface area contributed by atoms with Crippen LogP contribution in [0.2, 0.25) is 0 Å². The molecule has 0 atom stereocenters. The number of benzene rings is 1. The van der Waals surface area contributed by atoms with Crippen molar-refractivity contribution < 1.29 is 0 Å². The van der Waals surface area contributed by atoms with E-state index in [1.807, 2.05) is 25.2 Å². The van der Waals surface area contributed by atoms with Crippen molar-refractivity contribution in [1.29, 1.82) is 0 Å². The minimum atomic E-state index is 0.688. The first-order valence-electron chi connectivity index (χ1n) is 6.63. The lowest BCUT2D eigenvalue weighted by Crippen LogP contribution is -2.22. The number of nitrogens with two attached hydrogens (primary N) is 1. The molecule has 0 fully saturated rings. The molecule has 2 rings (SSSR count). The average molecular weight is 335 g/mol. The van der Waals surface area contributed by atoms with Gasteiger partial charge in [0.05, 0.1) is 5.69 Å². The molecule has 1 heterocycles. The first kappa shape index (κ1) is 14.9. The molecule has 0 aliphatic carbocycles. The van der Waals surface area contributed by atoms with Gasteiger partial charge < -0.3 is 10.6 Å². The monoisotopic (exact) mass is 334 g/mol. The van der Waals surface area contributed by atoms with Gasteiger partial charge in [-0.25, -0.2) is 0 Å². The number of halogens is 1. The second kappa shape index (κ2) is 6.81. The van der Waals surface area contributed by atoms with E-state index < -0.39 is 0 Å². The van der Waals surface area contributed by atoms with Crippen LogP contribution in [0.4, 0.5) is 5.82 Å². The maximum atomic E-state index is 5.52. The third kappa shape index (κ3) is 3.55. The maximum absolute atomic E-state index is 5.52. The number of rotatable bonds is 5. The lowest BCUT2D eigenvalue weighted by Gasteiger charge is -2.17. The van der Waals surface area contributed by atoms with Gasteiger partial charge in [0.15, 0.2) is 5.82 Å². The Bertz CT molecular complexity index is 569. The molecule has 0 spiro atoms. The lowest BCUT2D eigenvalue weighted by molar-refractivity contribution is 0.778. The van der Waals surface area contributed by atoms with Crippen molar-refractivity contribution in [2.45, 2.75) is 13.3 Å². The van der Waals surface area contributed by atoms with E-state index >= 15 is 0 Å². The number of aryl methyl sites for hydroxylation is 1. The molecule has 0 amide bonds. The number of nitrogens with zero attached hydrogens (tertiary/aromatic N) is 3. The molecule has 2 aromatic rings. The van der Waals surface area contributed by atoms with Crippen LogP contribution in [0.25, 0.3) is 11.3 Å². The van der Waals surface area contributed by atoms with Gasteiger partial charge in [-0.2, -0.15) is 0 Å². The molecule has 4 nitrogen and oxygen atoms in total. The Labute approximate surface area is 128 Å². The Morgan fingerprint density at radius 2 is 2.00 bits per heavy atom. The zero-order valence-electron chi connectivity index (χ0n) is 11.8. The van der Waals surface area contributed by atoms with Crippen molar-refractivity contribution in [3.05, 3.63) is 40.4 Å². The van der Waals surface area contributed by atoms with E-state index in [1.54, 1.807) is 0 Å². The fraction of sp³-hybridized carbons (Fsp3) is 0.333. The van der Waals surface area contributed by atoms with E-state index in [1.165, 1.54) is 5.56 Å². The second-order valence-electron chi connectivity index (χ2n) is 4.80. The Morgan fingerprint density at radius 3 is 2.65 bits per heavy atom. The third-order valence-electron chi connectivity index (χ3n) is 3.21. The highest BCUT2D eigenvalue weighted by Gasteiger charge is 2.07. The van der Waals surface area contributed by atoms with E-state index in [4.69, 9.17) is 5.73 Å². The predicted molar refractivity (Wildman–Crippen MR) is 86.8 cm³/mol. The molecule has 0 unspecified atom stereocenters. The van der Waals surface area contributed by atoms with Gasteiger partial charge in [-0.15, -0.1) is 10.2 Å². The highest BCUT2D eigenvalue weighted by Crippen LogP contribution is 2.25. The van der Waals surface area contributed by atoms with Crippen LogP contribution in [0.1, 0.15) is 12.0 Å².